The Morgan fingerprint density at radius 3 is 2.39 bits per heavy atom. The SMILES string of the molecule is O=C(Cc1ccc(Cl)cc1)OCc1nc2ccccc2n1CCC(=O)c1ccccc1. The van der Waals surface area contributed by atoms with Gasteiger partial charge in [-0.05, 0) is 29.8 Å². The van der Waals surface area contributed by atoms with E-state index in [1.165, 1.54) is 0 Å². The van der Waals surface area contributed by atoms with Gasteiger partial charge in [-0.3, -0.25) is 9.59 Å². The zero-order chi connectivity index (χ0) is 21.6. The van der Waals surface area contributed by atoms with E-state index in [9.17, 15) is 9.59 Å². The number of ketones is 1. The van der Waals surface area contributed by atoms with E-state index in [1.54, 1.807) is 24.3 Å². The number of ether oxygens (including phenoxy) is 1. The molecule has 0 aliphatic carbocycles. The number of aromatic nitrogens is 2. The molecule has 1 aromatic heterocycles. The number of hydrogen-bond acceptors (Lipinski definition) is 4. The van der Waals surface area contributed by atoms with Gasteiger partial charge in [0.25, 0.3) is 0 Å². The number of aryl methyl sites for hydroxylation is 1. The van der Waals surface area contributed by atoms with Crippen molar-refractivity contribution in [2.45, 2.75) is 26.0 Å². The van der Waals surface area contributed by atoms with Gasteiger partial charge >= 0.3 is 5.97 Å². The topological polar surface area (TPSA) is 61.2 Å². The minimum atomic E-state index is -0.346. The first-order valence-electron chi connectivity index (χ1n) is 10.0. The molecule has 0 radical (unpaired) electrons. The number of fused-ring (bicyclic) bond motifs is 1. The number of para-hydroxylation sites is 2. The van der Waals surface area contributed by atoms with Crippen LogP contribution in [0.5, 0.6) is 0 Å². The molecule has 4 rings (SSSR count). The molecule has 0 spiro atoms. The smallest absolute Gasteiger partial charge is 0.310 e. The van der Waals surface area contributed by atoms with Gasteiger partial charge in [0, 0.05) is 23.6 Å². The minimum absolute atomic E-state index is 0.0423. The van der Waals surface area contributed by atoms with Gasteiger partial charge in [-0.2, -0.15) is 0 Å². The second kappa shape index (κ2) is 9.58. The third-order valence-corrected chi connectivity index (χ3v) is 5.27. The first kappa shape index (κ1) is 20.8. The number of halogens is 1. The van der Waals surface area contributed by atoms with Crippen molar-refractivity contribution in [2.24, 2.45) is 0 Å². The number of imidazole rings is 1. The number of esters is 1. The molecule has 0 fully saturated rings. The maximum Gasteiger partial charge on any atom is 0.310 e. The van der Waals surface area contributed by atoms with Gasteiger partial charge < -0.3 is 9.30 Å². The Bertz CT molecular complexity index is 1200. The van der Waals surface area contributed by atoms with Crippen molar-refractivity contribution in [1.29, 1.82) is 0 Å². The molecule has 5 nitrogen and oxygen atoms in total. The Labute approximate surface area is 185 Å². The van der Waals surface area contributed by atoms with Gasteiger partial charge in [0.2, 0.25) is 0 Å². The van der Waals surface area contributed by atoms with E-state index in [0.717, 1.165) is 16.6 Å². The maximum absolute atomic E-state index is 12.6. The van der Waals surface area contributed by atoms with Crippen LogP contribution in [0.25, 0.3) is 11.0 Å². The summed E-state index contributed by atoms with van der Waals surface area (Å²) in [5.74, 6) is 0.330. The fraction of sp³-hybridized carbons (Fsp3) is 0.160. The molecule has 6 heteroatoms. The highest BCUT2D eigenvalue weighted by Crippen LogP contribution is 2.18. The average molecular weight is 433 g/mol. The van der Waals surface area contributed by atoms with Gasteiger partial charge in [0.1, 0.15) is 12.4 Å². The first-order chi connectivity index (χ1) is 15.1. The molecule has 31 heavy (non-hydrogen) atoms. The number of hydrogen-bond donors (Lipinski definition) is 0. The van der Waals surface area contributed by atoms with Gasteiger partial charge in [0.05, 0.1) is 17.5 Å². The standard InChI is InChI=1S/C25H21ClN2O3/c26-20-12-10-18(11-13-20)16-25(30)31-17-24-27-21-8-4-5-9-22(21)28(24)15-14-23(29)19-6-2-1-3-7-19/h1-13H,14-17H2. The van der Waals surface area contributed by atoms with Crippen LogP contribution in [0.2, 0.25) is 5.02 Å². The Hall–Kier alpha value is -3.44. The van der Waals surface area contributed by atoms with E-state index < -0.39 is 0 Å². The summed E-state index contributed by atoms with van der Waals surface area (Å²) in [6.07, 6.45) is 0.486. The molecular weight excluding hydrogens is 412 g/mol. The molecule has 3 aromatic carbocycles. The highest BCUT2D eigenvalue weighted by atomic mass is 35.5. The predicted molar refractivity (Wildman–Crippen MR) is 120 cm³/mol. The molecule has 0 aliphatic rings. The molecule has 0 saturated heterocycles. The maximum atomic E-state index is 12.6. The van der Waals surface area contributed by atoms with Crippen molar-refractivity contribution in [2.75, 3.05) is 0 Å². The molecule has 0 saturated carbocycles. The summed E-state index contributed by atoms with van der Waals surface area (Å²) in [4.78, 5) is 29.5. The average Bonchev–Trinajstić information content (AvgIpc) is 3.15. The molecule has 1 heterocycles. The molecular formula is C25H21ClN2O3. The highest BCUT2D eigenvalue weighted by molar-refractivity contribution is 6.30. The Morgan fingerprint density at radius 2 is 1.61 bits per heavy atom. The molecule has 0 aliphatic heterocycles. The van der Waals surface area contributed by atoms with Crippen LogP contribution in [-0.2, 0) is 29.1 Å². The predicted octanol–water partition coefficient (Wildman–Crippen LogP) is 5.25. The lowest BCUT2D eigenvalue weighted by molar-refractivity contribution is -0.144. The summed E-state index contributed by atoms with van der Waals surface area (Å²) >= 11 is 5.89. The first-order valence-corrected chi connectivity index (χ1v) is 10.4. The third-order valence-electron chi connectivity index (χ3n) is 5.02. The summed E-state index contributed by atoms with van der Waals surface area (Å²) < 4.78 is 7.43. The molecule has 0 unspecified atom stereocenters. The van der Waals surface area contributed by atoms with Gasteiger partial charge in [-0.15, -0.1) is 0 Å². The van der Waals surface area contributed by atoms with Crippen molar-refractivity contribution >= 4 is 34.4 Å². The lowest BCUT2D eigenvalue weighted by Crippen LogP contribution is -2.13. The van der Waals surface area contributed by atoms with E-state index >= 15 is 0 Å². The minimum Gasteiger partial charge on any atom is -0.457 e. The summed E-state index contributed by atoms with van der Waals surface area (Å²) in [6.45, 7) is 0.499. The van der Waals surface area contributed by atoms with Crippen LogP contribution < -0.4 is 0 Å². The normalized spacial score (nSPS) is 10.9. The van der Waals surface area contributed by atoms with E-state index in [0.29, 0.717) is 29.4 Å². The largest absolute Gasteiger partial charge is 0.457 e. The quantitative estimate of drug-likeness (QED) is 0.282. The summed E-state index contributed by atoms with van der Waals surface area (Å²) in [6, 6.07) is 24.0. The number of rotatable bonds is 8. The van der Waals surface area contributed by atoms with Gasteiger partial charge in [-0.25, -0.2) is 4.98 Å². The van der Waals surface area contributed by atoms with E-state index in [2.05, 4.69) is 4.98 Å². The number of carbonyl (C=O) groups excluding carboxylic acids is 2. The zero-order valence-electron chi connectivity index (χ0n) is 16.8. The van der Waals surface area contributed by atoms with Gasteiger partial charge in [0.15, 0.2) is 5.78 Å². The molecule has 0 amide bonds. The van der Waals surface area contributed by atoms with Crippen molar-refractivity contribution in [1.82, 2.24) is 9.55 Å². The molecule has 0 atom stereocenters. The van der Waals surface area contributed by atoms with E-state index in [-0.39, 0.29) is 24.8 Å². The molecule has 156 valence electrons. The van der Waals surface area contributed by atoms with Crippen molar-refractivity contribution in [3.05, 3.63) is 101 Å². The van der Waals surface area contributed by atoms with E-state index in [4.69, 9.17) is 16.3 Å². The monoisotopic (exact) mass is 432 g/mol. The second-order valence-electron chi connectivity index (χ2n) is 7.17. The van der Waals surface area contributed by atoms with Gasteiger partial charge in [-0.1, -0.05) is 66.2 Å². The molecule has 0 bridgehead atoms. The van der Waals surface area contributed by atoms with Crippen LogP contribution in [0.3, 0.4) is 0 Å². The third kappa shape index (κ3) is 5.19. The second-order valence-corrected chi connectivity index (χ2v) is 7.61. The van der Waals surface area contributed by atoms with Crippen molar-refractivity contribution in [3.63, 3.8) is 0 Å². The van der Waals surface area contributed by atoms with Crippen molar-refractivity contribution < 1.29 is 14.3 Å². The molecule has 0 N–H and O–H groups in total. The van der Waals surface area contributed by atoms with Crippen LogP contribution in [0.4, 0.5) is 0 Å². The van der Waals surface area contributed by atoms with Crippen LogP contribution in [0, 0.1) is 0 Å². The van der Waals surface area contributed by atoms with Crippen LogP contribution >= 0.6 is 11.6 Å². The summed E-state index contributed by atoms with van der Waals surface area (Å²) in [5, 5.41) is 0.621. The van der Waals surface area contributed by atoms with Crippen LogP contribution in [0.15, 0.2) is 78.9 Å². The lowest BCUT2D eigenvalue weighted by atomic mass is 10.1. The molecule has 4 aromatic rings. The number of benzene rings is 3. The fourth-order valence-corrected chi connectivity index (χ4v) is 3.56. The Morgan fingerprint density at radius 1 is 0.903 bits per heavy atom. The van der Waals surface area contributed by atoms with Crippen molar-refractivity contribution in [3.8, 4) is 0 Å². The highest BCUT2D eigenvalue weighted by Gasteiger charge is 2.15. The summed E-state index contributed by atoms with van der Waals surface area (Å²) in [5.41, 5.74) is 3.23. The lowest BCUT2D eigenvalue weighted by Gasteiger charge is -2.10. The number of nitrogens with zero attached hydrogens (tertiary/aromatic N) is 2. The van der Waals surface area contributed by atoms with Crippen LogP contribution in [-0.4, -0.2) is 21.3 Å². The van der Waals surface area contributed by atoms with E-state index in [1.807, 2.05) is 59.2 Å². The number of Topliss-reactive ketones (excluding diaryl/α,β-unsaturated/α-hetero) is 1. The Balaban J connectivity index is 1.46. The zero-order valence-corrected chi connectivity index (χ0v) is 17.6. The summed E-state index contributed by atoms with van der Waals surface area (Å²) in [7, 11) is 0. The number of carbonyl (C=O) groups is 2. The Kier molecular flexibility index (Phi) is 6.43. The van der Waals surface area contributed by atoms with Crippen LogP contribution in [0.1, 0.15) is 28.2 Å². The fourth-order valence-electron chi connectivity index (χ4n) is 3.43.